The van der Waals surface area contributed by atoms with E-state index in [1.165, 1.54) is 6.92 Å². The van der Waals surface area contributed by atoms with Crippen LogP contribution in [-0.4, -0.2) is 19.9 Å². The number of hydrogen-bond donors (Lipinski definition) is 2. The zero-order chi connectivity index (χ0) is 25.9. The summed E-state index contributed by atoms with van der Waals surface area (Å²) in [5.74, 6) is -3.10. The monoisotopic (exact) mass is 510 g/mol. The maximum Gasteiger partial charge on any atom is 0.273 e. The molecule has 1 aromatic heterocycles. The van der Waals surface area contributed by atoms with Crippen LogP contribution in [0.3, 0.4) is 0 Å². The molecule has 1 heterocycles. The third kappa shape index (κ3) is 5.71. The molecule has 0 saturated heterocycles. The van der Waals surface area contributed by atoms with Crippen LogP contribution < -0.4 is 10.3 Å². The summed E-state index contributed by atoms with van der Waals surface area (Å²) in [4.78, 5) is 14.6. The summed E-state index contributed by atoms with van der Waals surface area (Å²) in [6.07, 6.45) is 0.00881. The maximum absolute atomic E-state index is 14.5. The third-order valence-corrected chi connectivity index (χ3v) is 7.78. The normalized spacial score (nSPS) is 13.1. The highest BCUT2D eigenvalue weighted by atomic mass is 32.2. The van der Waals surface area contributed by atoms with Crippen LogP contribution >= 0.6 is 0 Å². The summed E-state index contributed by atoms with van der Waals surface area (Å²) in [5, 5.41) is 0.301. The number of alkyl halides is 2. The fourth-order valence-corrected chi connectivity index (χ4v) is 5.27. The number of nitrogens with one attached hydrogen (secondary N) is 2. The summed E-state index contributed by atoms with van der Waals surface area (Å²) in [6.45, 7) is 3.61. The Morgan fingerprint density at radius 2 is 1.61 bits per heavy atom. The van der Waals surface area contributed by atoms with Gasteiger partial charge < -0.3 is 4.98 Å². The van der Waals surface area contributed by atoms with Crippen LogP contribution in [0.15, 0.2) is 88.6 Å². The second-order valence-electron chi connectivity index (χ2n) is 8.97. The fourth-order valence-electron chi connectivity index (χ4n) is 4.14. The lowest BCUT2D eigenvalue weighted by Crippen LogP contribution is -2.27. The van der Waals surface area contributed by atoms with Crippen molar-refractivity contribution in [2.24, 2.45) is 0 Å². The Labute approximate surface area is 209 Å². The molecule has 0 fully saturated rings. The van der Waals surface area contributed by atoms with E-state index in [0.717, 1.165) is 22.8 Å². The minimum atomic E-state index is -3.68. The average Bonchev–Trinajstić information content (AvgIpc) is 2.88. The minimum Gasteiger partial charge on any atom is -0.322 e. The summed E-state index contributed by atoms with van der Waals surface area (Å²) >= 11 is 0. The van der Waals surface area contributed by atoms with E-state index in [-0.39, 0.29) is 22.9 Å². The Bertz CT molecular complexity index is 1520. The summed E-state index contributed by atoms with van der Waals surface area (Å²) in [7, 11) is -3.68. The Morgan fingerprint density at radius 3 is 2.28 bits per heavy atom. The molecule has 1 unspecified atom stereocenters. The van der Waals surface area contributed by atoms with Crippen molar-refractivity contribution in [2.45, 2.75) is 43.4 Å². The van der Waals surface area contributed by atoms with E-state index >= 15 is 0 Å². The summed E-state index contributed by atoms with van der Waals surface area (Å²) in [6, 6.07) is 22.2. The van der Waals surface area contributed by atoms with Gasteiger partial charge in [-0.25, -0.2) is 21.9 Å². The molecule has 188 valence electrons. The average molecular weight is 511 g/mol. The lowest BCUT2D eigenvalue weighted by atomic mass is 9.97. The number of halogens is 2. The minimum absolute atomic E-state index is 0.0214. The number of rotatable bonds is 9. The molecule has 0 spiro atoms. The van der Waals surface area contributed by atoms with Gasteiger partial charge in [0.15, 0.2) is 0 Å². The van der Waals surface area contributed by atoms with Gasteiger partial charge in [0.2, 0.25) is 15.6 Å². The van der Waals surface area contributed by atoms with E-state index in [2.05, 4.69) is 9.71 Å². The number of sulfonamides is 1. The van der Waals surface area contributed by atoms with Gasteiger partial charge >= 0.3 is 0 Å². The fraction of sp³-hybridized carbons (Fsp3) is 0.250. The molecule has 0 aliphatic rings. The number of hydrogen-bond acceptors (Lipinski definition) is 3. The Kier molecular flexibility index (Phi) is 7.38. The molecule has 8 heteroatoms. The van der Waals surface area contributed by atoms with Crippen molar-refractivity contribution in [3.05, 3.63) is 111 Å². The van der Waals surface area contributed by atoms with E-state index in [0.29, 0.717) is 17.3 Å². The molecule has 36 heavy (non-hydrogen) atoms. The number of benzene rings is 3. The van der Waals surface area contributed by atoms with E-state index < -0.39 is 27.9 Å². The molecule has 0 radical (unpaired) electrons. The van der Waals surface area contributed by atoms with Crippen molar-refractivity contribution < 1.29 is 17.2 Å². The molecule has 0 amide bonds. The molecule has 1 atom stereocenters. The Balaban J connectivity index is 1.51. The van der Waals surface area contributed by atoms with Crippen LogP contribution in [0.25, 0.3) is 10.9 Å². The molecule has 4 rings (SSSR count). The van der Waals surface area contributed by atoms with Gasteiger partial charge in [0.25, 0.3) is 5.92 Å². The first-order chi connectivity index (χ1) is 17.1. The smallest absolute Gasteiger partial charge is 0.273 e. The Hall–Kier alpha value is -3.36. The van der Waals surface area contributed by atoms with Crippen LogP contribution in [0, 0.1) is 0 Å². The van der Waals surface area contributed by atoms with Gasteiger partial charge in [-0.15, -0.1) is 0 Å². The molecule has 0 aliphatic heterocycles. The zero-order valence-corrected chi connectivity index (χ0v) is 20.9. The van der Waals surface area contributed by atoms with E-state index in [1.807, 2.05) is 37.3 Å². The van der Waals surface area contributed by atoms with Gasteiger partial charge in [0, 0.05) is 35.5 Å². The van der Waals surface area contributed by atoms with Crippen LogP contribution in [0.2, 0.25) is 0 Å². The van der Waals surface area contributed by atoms with Crippen molar-refractivity contribution in [3.8, 4) is 0 Å². The second kappa shape index (κ2) is 10.3. The highest BCUT2D eigenvalue weighted by molar-refractivity contribution is 7.89. The number of fused-ring (bicyclic) bond motifs is 1. The van der Waals surface area contributed by atoms with Gasteiger partial charge in [-0.1, -0.05) is 62.4 Å². The van der Waals surface area contributed by atoms with Crippen LogP contribution in [0.1, 0.15) is 48.4 Å². The quantitative estimate of drug-likeness (QED) is 0.303. The van der Waals surface area contributed by atoms with Crippen LogP contribution in [-0.2, 0) is 22.4 Å². The number of aromatic nitrogens is 1. The van der Waals surface area contributed by atoms with E-state index in [1.54, 1.807) is 42.5 Å². The van der Waals surface area contributed by atoms with Crippen molar-refractivity contribution in [3.63, 3.8) is 0 Å². The summed E-state index contributed by atoms with van der Waals surface area (Å²) < 4.78 is 57.2. The maximum atomic E-state index is 14.5. The lowest BCUT2D eigenvalue weighted by molar-refractivity contribution is -0.00686. The van der Waals surface area contributed by atoms with Crippen molar-refractivity contribution in [1.82, 2.24) is 9.71 Å². The standard InChI is InChI=1S/C28H28F2N2O3S/c1-3-28(29,30)25-17-27(33)32-26-14-11-21(16-24(25)26)15-20-9-12-23(13-10-20)36(34,35)31-18-19(2)22-7-5-4-6-8-22/h4-14,16-17,19,31H,3,15,18H2,1-2H3,(H,32,33). The first-order valence-corrected chi connectivity index (χ1v) is 13.2. The molecule has 0 aliphatic carbocycles. The van der Waals surface area contributed by atoms with Gasteiger partial charge in [-0.2, -0.15) is 0 Å². The van der Waals surface area contributed by atoms with Gasteiger partial charge in [-0.3, -0.25) is 4.79 Å². The molecule has 4 aromatic rings. The molecular formula is C28H28F2N2O3S. The number of H-pyrrole nitrogens is 1. The number of aromatic amines is 1. The number of pyridine rings is 1. The van der Waals surface area contributed by atoms with Gasteiger partial charge in [0.1, 0.15) is 0 Å². The highest BCUT2D eigenvalue weighted by Crippen LogP contribution is 2.35. The predicted molar refractivity (Wildman–Crippen MR) is 138 cm³/mol. The second-order valence-corrected chi connectivity index (χ2v) is 10.7. The van der Waals surface area contributed by atoms with Crippen molar-refractivity contribution >= 4 is 20.9 Å². The third-order valence-electron chi connectivity index (χ3n) is 6.34. The van der Waals surface area contributed by atoms with Crippen molar-refractivity contribution in [1.29, 1.82) is 0 Å². The zero-order valence-electron chi connectivity index (χ0n) is 20.1. The molecule has 5 nitrogen and oxygen atoms in total. The predicted octanol–water partition coefficient (Wildman–Crippen LogP) is 5.70. The van der Waals surface area contributed by atoms with Crippen LogP contribution in [0.4, 0.5) is 8.78 Å². The van der Waals surface area contributed by atoms with Crippen LogP contribution in [0.5, 0.6) is 0 Å². The highest BCUT2D eigenvalue weighted by Gasteiger charge is 2.31. The lowest BCUT2D eigenvalue weighted by Gasteiger charge is -2.17. The summed E-state index contributed by atoms with van der Waals surface area (Å²) in [5.41, 5.74) is 2.15. The first kappa shape index (κ1) is 25.7. The van der Waals surface area contributed by atoms with E-state index in [4.69, 9.17) is 0 Å². The van der Waals surface area contributed by atoms with Crippen molar-refractivity contribution in [2.75, 3.05) is 6.54 Å². The van der Waals surface area contributed by atoms with Gasteiger partial charge in [0.05, 0.1) is 4.90 Å². The largest absolute Gasteiger partial charge is 0.322 e. The molecule has 0 bridgehead atoms. The first-order valence-electron chi connectivity index (χ1n) is 11.8. The molecule has 0 saturated carbocycles. The molecular weight excluding hydrogens is 482 g/mol. The topological polar surface area (TPSA) is 79.0 Å². The van der Waals surface area contributed by atoms with Gasteiger partial charge in [-0.05, 0) is 53.3 Å². The molecule has 2 N–H and O–H groups in total. The molecule has 3 aromatic carbocycles. The Morgan fingerprint density at radius 1 is 0.944 bits per heavy atom. The SMILES string of the molecule is CCC(F)(F)c1cc(=O)[nH]c2ccc(Cc3ccc(S(=O)(=O)NCC(C)c4ccccc4)cc3)cc12. The van der Waals surface area contributed by atoms with E-state index in [9.17, 15) is 22.0 Å².